The van der Waals surface area contributed by atoms with E-state index in [2.05, 4.69) is 0 Å². The van der Waals surface area contributed by atoms with Gasteiger partial charge in [-0.15, -0.1) is 0 Å². The number of amides is 1. The Morgan fingerprint density at radius 3 is 1.68 bits per heavy atom. The van der Waals surface area contributed by atoms with E-state index < -0.39 is 10.0 Å². The summed E-state index contributed by atoms with van der Waals surface area (Å²) in [7, 11) is -1.11. The van der Waals surface area contributed by atoms with E-state index in [-0.39, 0.29) is 23.9 Å². The molecule has 208 valence electrons. The van der Waals surface area contributed by atoms with Crippen LogP contribution >= 0.6 is 0 Å². The van der Waals surface area contributed by atoms with Gasteiger partial charge in [-0.25, -0.2) is 8.42 Å². The number of hydrogen-bond donors (Lipinski definition) is 0. The molecule has 0 radical (unpaired) electrons. The van der Waals surface area contributed by atoms with Crippen LogP contribution in [0.2, 0.25) is 0 Å². The maximum atomic E-state index is 14.0. The molecule has 0 aliphatic carbocycles. The van der Waals surface area contributed by atoms with Crippen molar-refractivity contribution in [3.05, 3.63) is 126 Å². The molecule has 4 aromatic carbocycles. The predicted octanol–water partition coefficient (Wildman–Crippen LogP) is 5.17. The van der Waals surface area contributed by atoms with Gasteiger partial charge in [0, 0.05) is 25.7 Å². The number of hydrogen-bond acceptors (Lipinski definition) is 5. The molecule has 0 N–H and O–H groups in total. The van der Waals surface area contributed by atoms with Crippen LogP contribution in [0.5, 0.6) is 11.5 Å². The average molecular weight is 559 g/mol. The van der Waals surface area contributed by atoms with Crippen LogP contribution in [0.15, 0.2) is 114 Å². The first-order valence-corrected chi connectivity index (χ1v) is 14.5. The Labute approximate surface area is 236 Å². The Hall–Kier alpha value is -4.14. The molecule has 7 nitrogen and oxygen atoms in total. The first-order chi connectivity index (χ1) is 19.4. The zero-order valence-corrected chi connectivity index (χ0v) is 23.6. The molecule has 4 aromatic rings. The molecule has 0 bridgehead atoms. The Morgan fingerprint density at radius 2 is 1.18 bits per heavy atom. The summed E-state index contributed by atoms with van der Waals surface area (Å²) in [5, 5.41) is 0. The zero-order chi connectivity index (χ0) is 28.4. The van der Waals surface area contributed by atoms with E-state index in [0.717, 1.165) is 16.7 Å². The number of ether oxygens (including phenoxy) is 2. The van der Waals surface area contributed by atoms with Crippen LogP contribution in [-0.2, 0) is 34.3 Å². The van der Waals surface area contributed by atoms with Crippen LogP contribution in [-0.4, -0.2) is 50.8 Å². The van der Waals surface area contributed by atoms with E-state index in [9.17, 15) is 13.2 Å². The van der Waals surface area contributed by atoms with Crippen molar-refractivity contribution in [3.63, 3.8) is 0 Å². The van der Waals surface area contributed by atoms with Crippen LogP contribution in [0.25, 0.3) is 0 Å². The molecule has 40 heavy (non-hydrogen) atoms. The monoisotopic (exact) mass is 558 g/mol. The predicted molar refractivity (Wildman–Crippen MR) is 156 cm³/mol. The van der Waals surface area contributed by atoms with E-state index in [1.807, 2.05) is 91.0 Å². The lowest BCUT2D eigenvalue weighted by atomic mass is 10.1. The fourth-order valence-corrected chi connectivity index (χ4v) is 5.81. The highest BCUT2D eigenvalue weighted by atomic mass is 32.2. The van der Waals surface area contributed by atoms with E-state index in [0.29, 0.717) is 31.0 Å². The maximum absolute atomic E-state index is 14.0. The van der Waals surface area contributed by atoms with Crippen molar-refractivity contribution in [2.24, 2.45) is 0 Å². The van der Waals surface area contributed by atoms with Gasteiger partial charge < -0.3 is 14.4 Å². The average Bonchev–Trinajstić information content (AvgIpc) is 2.99. The van der Waals surface area contributed by atoms with Gasteiger partial charge in [0.1, 0.15) is 0 Å². The molecular weight excluding hydrogens is 524 g/mol. The van der Waals surface area contributed by atoms with Crippen molar-refractivity contribution in [2.45, 2.75) is 24.4 Å². The van der Waals surface area contributed by atoms with E-state index in [1.54, 1.807) is 11.0 Å². The Balaban J connectivity index is 1.65. The largest absolute Gasteiger partial charge is 0.493 e. The first-order valence-electron chi connectivity index (χ1n) is 13.0. The Morgan fingerprint density at radius 1 is 0.675 bits per heavy atom. The van der Waals surface area contributed by atoms with Gasteiger partial charge in [0.15, 0.2) is 11.5 Å². The molecule has 0 aliphatic rings. The Bertz CT molecular complexity index is 1440. The lowest BCUT2D eigenvalue weighted by Crippen LogP contribution is -2.43. The summed E-state index contributed by atoms with van der Waals surface area (Å²) in [6.45, 7) is 0.551. The molecule has 0 saturated heterocycles. The lowest BCUT2D eigenvalue weighted by molar-refractivity contribution is -0.132. The number of sulfonamides is 1. The van der Waals surface area contributed by atoms with Gasteiger partial charge in [-0.05, 0) is 35.2 Å². The van der Waals surface area contributed by atoms with Crippen molar-refractivity contribution in [2.75, 3.05) is 27.3 Å². The van der Waals surface area contributed by atoms with Crippen LogP contribution in [0.4, 0.5) is 0 Å². The number of methoxy groups -OCH3 is 2. The standard InChI is InChI=1S/C32H34N2O5S/c1-38-30-19-18-29(22-31(30)39-2)40(36,37)34(21-20-26-12-6-3-7-13-26)25-32(35)33(23-27-14-8-4-9-15-27)24-28-16-10-5-11-17-28/h3-19,22H,20-21,23-25H2,1-2H3. The second-order valence-electron chi connectivity index (χ2n) is 9.31. The minimum Gasteiger partial charge on any atom is -0.493 e. The highest BCUT2D eigenvalue weighted by Crippen LogP contribution is 2.31. The SMILES string of the molecule is COc1ccc(S(=O)(=O)N(CCc2ccccc2)CC(=O)N(Cc2ccccc2)Cc2ccccc2)cc1OC. The molecule has 0 saturated carbocycles. The van der Waals surface area contributed by atoms with Crippen molar-refractivity contribution in [1.29, 1.82) is 0 Å². The number of nitrogens with zero attached hydrogens (tertiary/aromatic N) is 2. The number of benzene rings is 4. The van der Waals surface area contributed by atoms with E-state index >= 15 is 0 Å². The molecule has 8 heteroatoms. The first kappa shape index (κ1) is 28.9. The topological polar surface area (TPSA) is 76.2 Å². The van der Waals surface area contributed by atoms with Gasteiger partial charge in [-0.3, -0.25) is 4.79 Å². The summed E-state index contributed by atoms with van der Waals surface area (Å²) < 4.78 is 39.8. The highest BCUT2D eigenvalue weighted by Gasteiger charge is 2.29. The molecule has 0 aliphatic heterocycles. The quantitative estimate of drug-likeness (QED) is 0.226. The summed E-state index contributed by atoms with van der Waals surface area (Å²) in [4.78, 5) is 15.6. The fourth-order valence-electron chi connectivity index (χ4n) is 4.40. The van der Waals surface area contributed by atoms with Gasteiger partial charge in [0.05, 0.1) is 25.7 Å². The molecule has 0 unspecified atom stereocenters. The maximum Gasteiger partial charge on any atom is 0.243 e. The van der Waals surface area contributed by atoms with E-state index in [4.69, 9.17) is 9.47 Å². The molecule has 0 atom stereocenters. The van der Waals surface area contributed by atoms with Crippen LogP contribution in [0, 0.1) is 0 Å². The summed E-state index contributed by atoms with van der Waals surface area (Å²) in [6, 6.07) is 33.5. The zero-order valence-electron chi connectivity index (χ0n) is 22.8. The molecule has 0 fully saturated rings. The summed E-state index contributed by atoms with van der Waals surface area (Å²) in [6.07, 6.45) is 0.456. The van der Waals surface area contributed by atoms with Gasteiger partial charge in [-0.2, -0.15) is 4.31 Å². The van der Waals surface area contributed by atoms with Gasteiger partial charge >= 0.3 is 0 Å². The third-order valence-electron chi connectivity index (χ3n) is 6.58. The van der Waals surface area contributed by atoms with Crippen LogP contribution in [0.1, 0.15) is 16.7 Å². The summed E-state index contributed by atoms with van der Waals surface area (Å²) in [5.41, 5.74) is 2.91. The third kappa shape index (κ3) is 7.49. The van der Waals surface area contributed by atoms with Gasteiger partial charge in [0.2, 0.25) is 15.9 Å². The Kier molecular flexibility index (Phi) is 9.94. The van der Waals surface area contributed by atoms with Crippen LogP contribution < -0.4 is 9.47 Å². The smallest absolute Gasteiger partial charge is 0.243 e. The third-order valence-corrected chi connectivity index (χ3v) is 8.42. The summed E-state index contributed by atoms with van der Waals surface area (Å²) >= 11 is 0. The van der Waals surface area contributed by atoms with Crippen molar-refractivity contribution >= 4 is 15.9 Å². The van der Waals surface area contributed by atoms with Gasteiger partial charge in [-0.1, -0.05) is 91.0 Å². The van der Waals surface area contributed by atoms with Crippen LogP contribution in [0.3, 0.4) is 0 Å². The van der Waals surface area contributed by atoms with Crippen molar-refractivity contribution < 1.29 is 22.7 Å². The molecular formula is C32H34N2O5S. The number of rotatable bonds is 13. The number of carbonyl (C=O) groups is 1. The second kappa shape index (κ2) is 13.8. The summed E-state index contributed by atoms with van der Waals surface area (Å²) in [5.74, 6) is 0.433. The molecule has 0 aromatic heterocycles. The normalized spacial score (nSPS) is 11.3. The highest BCUT2D eigenvalue weighted by molar-refractivity contribution is 7.89. The minimum atomic E-state index is -4.05. The van der Waals surface area contributed by atoms with Crippen molar-refractivity contribution in [1.82, 2.24) is 9.21 Å². The number of carbonyl (C=O) groups excluding carboxylic acids is 1. The molecule has 0 spiro atoms. The minimum absolute atomic E-state index is 0.0312. The molecule has 0 heterocycles. The molecule has 1 amide bonds. The van der Waals surface area contributed by atoms with Gasteiger partial charge in [0.25, 0.3) is 0 Å². The van der Waals surface area contributed by atoms with E-state index in [1.165, 1.54) is 30.7 Å². The fraction of sp³-hybridized carbons (Fsp3) is 0.219. The second-order valence-corrected chi connectivity index (χ2v) is 11.2. The lowest BCUT2D eigenvalue weighted by Gasteiger charge is -2.28. The van der Waals surface area contributed by atoms with Crippen molar-refractivity contribution in [3.8, 4) is 11.5 Å². The molecule has 4 rings (SSSR count).